The summed E-state index contributed by atoms with van der Waals surface area (Å²) in [7, 11) is 0. The number of carbonyl (C=O) groups is 1. The van der Waals surface area contributed by atoms with Gasteiger partial charge in [0.15, 0.2) is 5.82 Å². The van der Waals surface area contributed by atoms with Crippen LogP contribution in [0.5, 0.6) is 0 Å². The van der Waals surface area contributed by atoms with Crippen LogP contribution in [-0.4, -0.2) is 21.0 Å². The molecule has 0 radical (unpaired) electrons. The molecule has 0 saturated heterocycles. The Kier molecular flexibility index (Phi) is 4.02. The minimum atomic E-state index is -0.550. The normalized spacial score (nSPS) is 10.4. The third-order valence-corrected chi connectivity index (χ3v) is 3.25. The molecule has 1 aromatic heterocycles. The predicted molar refractivity (Wildman–Crippen MR) is 85.5 cm³/mol. The predicted octanol–water partition coefficient (Wildman–Crippen LogP) is 3.21. The molecule has 0 aliphatic rings. The van der Waals surface area contributed by atoms with Crippen molar-refractivity contribution in [3.63, 3.8) is 0 Å². The number of carbonyl (C=O) groups excluding carboxylic acids is 1. The molecular weight excluding hydrogens is 312 g/mol. The van der Waals surface area contributed by atoms with Crippen molar-refractivity contribution in [3.8, 4) is 11.5 Å². The maximum absolute atomic E-state index is 12.4. The fourth-order valence-electron chi connectivity index (χ4n) is 2.14. The maximum atomic E-state index is 12.4. The molecule has 0 spiro atoms. The number of hydrogen-bond acceptors (Lipinski definition) is 6. The van der Waals surface area contributed by atoms with E-state index < -0.39 is 10.8 Å². The zero-order valence-corrected chi connectivity index (χ0v) is 12.6. The van der Waals surface area contributed by atoms with Gasteiger partial charge in [0, 0.05) is 17.7 Å². The van der Waals surface area contributed by atoms with E-state index in [2.05, 4.69) is 15.5 Å². The van der Waals surface area contributed by atoms with Crippen molar-refractivity contribution >= 4 is 17.3 Å². The van der Waals surface area contributed by atoms with Gasteiger partial charge < -0.3 is 9.84 Å². The summed E-state index contributed by atoms with van der Waals surface area (Å²) in [5.74, 6) is 0.287. The molecule has 1 N–H and O–H groups in total. The van der Waals surface area contributed by atoms with Crippen LogP contribution in [0.15, 0.2) is 53.1 Å². The molecule has 0 unspecified atom stereocenters. The molecule has 24 heavy (non-hydrogen) atoms. The van der Waals surface area contributed by atoms with E-state index >= 15 is 0 Å². The number of nitro groups is 1. The Labute approximate surface area is 136 Å². The van der Waals surface area contributed by atoms with E-state index in [9.17, 15) is 14.9 Å². The lowest BCUT2D eigenvalue weighted by Crippen LogP contribution is -2.12. The van der Waals surface area contributed by atoms with Crippen molar-refractivity contribution < 1.29 is 14.2 Å². The molecule has 0 atom stereocenters. The van der Waals surface area contributed by atoms with Gasteiger partial charge in [-0.1, -0.05) is 23.4 Å². The van der Waals surface area contributed by atoms with Crippen molar-refractivity contribution in [1.29, 1.82) is 0 Å². The number of hydrogen-bond donors (Lipinski definition) is 1. The highest BCUT2D eigenvalue weighted by Crippen LogP contribution is 2.27. The third kappa shape index (κ3) is 3.12. The highest BCUT2D eigenvalue weighted by atomic mass is 16.6. The van der Waals surface area contributed by atoms with Gasteiger partial charge in [0.25, 0.3) is 17.5 Å². The lowest BCUT2D eigenvalue weighted by atomic mass is 10.1. The topological polar surface area (TPSA) is 111 Å². The maximum Gasteiger partial charge on any atom is 0.270 e. The second-order valence-corrected chi connectivity index (χ2v) is 4.95. The molecule has 0 aliphatic carbocycles. The number of rotatable bonds is 4. The van der Waals surface area contributed by atoms with Crippen LogP contribution in [0.2, 0.25) is 0 Å². The number of nitrogens with one attached hydrogen (secondary N) is 1. The molecule has 0 bridgehead atoms. The Bertz CT molecular complexity index is 920. The fraction of sp³-hybridized carbons (Fsp3) is 0.0625. The molecule has 0 aliphatic heterocycles. The van der Waals surface area contributed by atoms with E-state index in [4.69, 9.17) is 4.52 Å². The second kappa shape index (κ2) is 6.29. The van der Waals surface area contributed by atoms with Crippen LogP contribution in [0.4, 0.5) is 11.4 Å². The molecule has 8 heteroatoms. The first-order valence-corrected chi connectivity index (χ1v) is 7.00. The third-order valence-electron chi connectivity index (χ3n) is 3.25. The van der Waals surface area contributed by atoms with Crippen molar-refractivity contribution in [1.82, 2.24) is 10.1 Å². The van der Waals surface area contributed by atoms with E-state index in [0.717, 1.165) is 0 Å². The van der Waals surface area contributed by atoms with Gasteiger partial charge >= 0.3 is 0 Å². The van der Waals surface area contributed by atoms with E-state index in [-0.39, 0.29) is 17.1 Å². The smallest absolute Gasteiger partial charge is 0.270 e. The van der Waals surface area contributed by atoms with Gasteiger partial charge in [-0.3, -0.25) is 14.9 Å². The van der Waals surface area contributed by atoms with Crippen molar-refractivity contribution in [2.45, 2.75) is 6.92 Å². The van der Waals surface area contributed by atoms with E-state index in [1.165, 1.54) is 24.3 Å². The SMILES string of the molecule is Cc1noc(-c2ccccc2NC(=O)c2cccc([N+](=O)[O-])c2)n1. The lowest BCUT2D eigenvalue weighted by Gasteiger charge is -2.08. The molecule has 8 nitrogen and oxygen atoms in total. The number of aromatic nitrogens is 2. The number of nitro benzene ring substituents is 1. The van der Waals surface area contributed by atoms with Crippen LogP contribution in [0.1, 0.15) is 16.2 Å². The Morgan fingerprint density at radius 3 is 2.71 bits per heavy atom. The summed E-state index contributed by atoms with van der Waals surface area (Å²) in [6, 6.07) is 12.4. The molecule has 1 heterocycles. The van der Waals surface area contributed by atoms with E-state index in [1.54, 1.807) is 31.2 Å². The molecule has 1 amide bonds. The van der Waals surface area contributed by atoms with Crippen molar-refractivity contribution in [3.05, 3.63) is 70.0 Å². The Morgan fingerprint density at radius 1 is 1.21 bits per heavy atom. The highest BCUT2D eigenvalue weighted by Gasteiger charge is 2.16. The first-order valence-electron chi connectivity index (χ1n) is 7.00. The summed E-state index contributed by atoms with van der Waals surface area (Å²) < 4.78 is 5.13. The van der Waals surface area contributed by atoms with Crippen LogP contribution in [0.3, 0.4) is 0 Å². The van der Waals surface area contributed by atoms with Crippen LogP contribution in [-0.2, 0) is 0 Å². The number of non-ortho nitro benzene ring substituents is 1. The number of benzene rings is 2. The van der Waals surface area contributed by atoms with Gasteiger partial charge in [-0.15, -0.1) is 0 Å². The zero-order valence-electron chi connectivity index (χ0n) is 12.6. The Balaban J connectivity index is 1.90. The fourth-order valence-corrected chi connectivity index (χ4v) is 2.14. The number of anilines is 1. The van der Waals surface area contributed by atoms with Crippen LogP contribution < -0.4 is 5.32 Å². The summed E-state index contributed by atoms with van der Waals surface area (Å²) in [5.41, 5.74) is 1.07. The van der Waals surface area contributed by atoms with Gasteiger partial charge in [0.05, 0.1) is 16.2 Å². The molecule has 0 fully saturated rings. The molecule has 120 valence electrons. The van der Waals surface area contributed by atoms with Gasteiger partial charge in [0.1, 0.15) is 0 Å². The molecule has 0 saturated carbocycles. The number of amides is 1. The second-order valence-electron chi connectivity index (χ2n) is 4.95. The summed E-state index contributed by atoms with van der Waals surface area (Å²) >= 11 is 0. The molecule has 3 rings (SSSR count). The Morgan fingerprint density at radius 2 is 2.00 bits per heavy atom. The lowest BCUT2D eigenvalue weighted by molar-refractivity contribution is -0.384. The van der Waals surface area contributed by atoms with E-state index in [0.29, 0.717) is 17.1 Å². The largest absolute Gasteiger partial charge is 0.334 e. The van der Waals surface area contributed by atoms with Gasteiger partial charge in [-0.25, -0.2) is 0 Å². The monoisotopic (exact) mass is 324 g/mol. The molecule has 2 aromatic carbocycles. The minimum absolute atomic E-state index is 0.150. The minimum Gasteiger partial charge on any atom is -0.334 e. The van der Waals surface area contributed by atoms with Crippen LogP contribution >= 0.6 is 0 Å². The standard InChI is InChI=1S/C16H12N4O4/c1-10-17-16(24-19-10)13-7-2-3-8-14(13)18-15(21)11-5-4-6-12(9-11)20(22)23/h2-9H,1H3,(H,18,21). The quantitative estimate of drug-likeness (QED) is 0.582. The zero-order chi connectivity index (χ0) is 17.1. The molecule has 3 aromatic rings. The van der Waals surface area contributed by atoms with Crippen molar-refractivity contribution in [2.75, 3.05) is 5.32 Å². The average molecular weight is 324 g/mol. The number of aryl methyl sites for hydroxylation is 1. The summed E-state index contributed by atoms with van der Waals surface area (Å²) in [5, 5.41) is 17.3. The summed E-state index contributed by atoms with van der Waals surface area (Å²) in [6.07, 6.45) is 0. The first kappa shape index (κ1) is 15.3. The van der Waals surface area contributed by atoms with Crippen molar-refractivity contribution in [2.24, 2.45) is 0 Å². The average Bonchev–Trinajstić information content (AvgIpc) is 3.01. The Hall–Kier alpha value is -3.55. The number of para-hydroxylation sites is 1. The van der Waals surface area contributed by atoms with Gasteiger partial charge in [0.2, 0.25) is 0 Å². The first-order chi connectivity index (χ1) is 11.5. The number of nitrogens with zero attached hydrogens (tertiary/aromatic N) is 3. The summed E-state index contributed by atoms with van der Waals surface area (Å²) in [4.78, 5) is 26.8. The highest BCUT2D eigenvalue weighted by molar-refractivity contribution is 6.06. The van der Waals surface area contributed by atoms with Gasteiger partial charge in [-0.05, 0) is 25.1 Å². The summed E-state index contributed by atoms with van der Waals surface area (Å²) in [6.45, 7) is 1.69. The van der Waals surface area contributed by atoms with E-state index in [1.807, 2.05) is 0 Å². The van der Waals surface area contributed by atoms with Crippen LogP contribution in [0.25, 0.3) is 11.5 Å². The van der Waals surface area contributed by atoms with Crippen LogP contribution in [0, 0.1) is 17.0 Å². The van der Waals surface area contributed by atoms with Gasteiger partial charge in [-0.2, -0.15) is 4.98 Å². The molecular formula is C16H12N4O4.